The summed E-state index contributed by atoms with van der Waals surface area (Å²) >= 11 is -0.823. The second-order valence-electron chi connectivity index (χ2n) is 5.85. The van der Waals surface area contributed by atoms with Gasteiger partial charge < -0.3 is 0 Å². The molecule has 0 spiro atoms. The second kappa shape index (κ2) is 10.1. The summed E-state index contributed by atoms with van der Waals surface area (Å²) in [6, 6.07) is 0. The van der Waals surface area contributed by atoms with Gasteiger partial charge in [-0.2, -0.15) is 0 Å². The molecule has 20 heavy (non-hydrogen) atoms. The summed E-state index contributed by atoms with van der Waals surface area (Å²) < 4.78 is 18.5. The van der Waals surface area contributed by atoms with Crippen LogP contribution in [0.5, 0.6) is 0 Å². The molecular weight excluding hydrogens is 376 g/mol. The summed E-state index contributed by atoms with van der Waals surface area (Å²) in [5, 5.41) is 2.91. The van der Waals surface area contributed by atoms with E-state index < -0.39 is 18.4 Å². The van der Waals surface area contributed by atoms with E-state index in [-0.39, 0.29) is 6.67 Å². The molecule has 0 saturated carbocycles. The van der Waals surface area contributed by atoms with Crippen LogP contribution in [-0.4, -0.2) is 23.4 Å². The van der Waals surface area contributed by atoms with E-state index in [0.717, 1.165) is 0 Å². The maximum absolute atomic E-state index is 12.9. The van der Waals surface area contributed by atoms with E-state index in [1.54, 1.807) is 11.3 Å². The third kappa shape index (κ3) is 5.28. The minimum absolute atomic E-state index is 0.387. The van der Waals surface area contributed by atoms with E-state index in [2.05, 4.69) is 26.2 Å². The zero-order valence-electron chi connectivity index (χ0n) is 13.4. The predicted octanol–water partition coefficient (Wildman–Crippen LogP) is 5.67. The monoisotopic (exact) mass is 407 g/mol. The van der Waals surface area contributed by atoms with Crippen molar-refractivity contribution in [2.24, 2.45) is 0 Å². The van der Waals surface area contributed by atoms with Gasteiger partial charge in [-0.05, 0) is 0 Å². The average Bonchev–Trinajstić information content (AvgIpc) is 2.96. The Labute approximate surface area is 132 Å². The van der Waals surface area contributed by atoms with Crippen molar-refractivity contribution in [2.75, 3.05) is 0 Å². The molecule has 1 aromatic rings. The molecule has 0 unspecified atom stereocenters. The maximum atomic E-state index is 12.9. The van der Waals surface area contributed by atoms with Crippen LogP contribution in [0, 0.1) is 0 Å². The van der Waals surface area contributed by atoms with Crippen molar-refractivity contribution in [3.8, 4) is 0 Å². The summed E-state index contributed by atoms with van der Waals surface area (Å²) in [4.78, 5) is 4.70. The van der Waals surface area contributed by atoms with Crippen LogP contribution in [0.4, 0.5) is 4.39 Å². The number of unbranched alkanes of at least 4 members (excludes halogenated alkanes) is 3. The molecule has 0 fully saturated rings. The Balaban J connectivity index is 2.97. The SMILES string of the molecule is CCC[CH2][Sn]([CH2]CCC)([CH2]CCC)[c]1csc(CF)n1. The Morgan fingerprint density at radius 1 is 1.00 bits per heavy atom. The van der Waals surface area contributed by atoms with Gasteiger partial charge in [-0.15, -0.1) is 0 Å². The number of rotatable bonds is 11. The fourth-order valence-corrected chi connectivity index (χ4v) is 20.8. The van der Waals surface area contributed by atoms with Crippen molar-refractivity contribution in [2.45, 2.75) is 79.3 Å². The van der Waals surface area contributed by atoms with E-state index in [0.29, 0.717) is 5.01 Å². The summed E-state index contributed by atoms with van der Waals surface area (Å²) in [7, 11) is 0. The molecule has 0 atom stereocenters. The molecule has 0 N–H and O–H groups in total. The third-order valence-corrected chi connectivity index (χ3v) is 20.7. The first-order chi connectivity index (χ1) is 9.72. The first-order valence-electron chi connectivity index (χ1n) is 8.23. The van der Waals surface area contributed by atoms with Gasteiger partial charge in [-0.1, -0.05) is 0 Å². The first-order valence-corrected chi connectivity index (χ1v) is 16.6. The zero-order valence-corrected chi connectivity index (χ0v) is 17.1. The van der Waals surface area contributed by atoms with Gasteiger partial charge in [0.25, 0.3) is 0 Å². The Hall–Kier alpha value is 0.359. The van der Waals surface area contributed by atoms with Gasteiger partial charge in [0.1, 0.15) is 0 Å². The number of aromatic nitrogens is 1. The van der Waals surface area contributed by atoms with Crippen molar-refractivity contribution in [1.82, 2.24) is 4.98 Å². The average molecular weight is 406 g/mol. The molecule has 0 aliphatic heterocycles. The van der Waals surface area contributed by atoms with Gasteiger partial charge in [0.2, 0.25) is 0 Å². The topological polar surface area (TPSA) is 12.9 Å². The third-order valence-electron chi connectivity index (χ3n) is 4.24. The molecule has 0 aliphatic rings. The van der Waals surface area contributed by atoms with E-state index in [9.17, 15) is 4.39 Å². The first kappa shape index (κ1) is 18.4. The summed E-state index contributed by atoms with van der Waals surface area (Å²) in [5.41, 5.74) is 0. The van der Waals surface area contributed by atoms with Crippen molar-refractivity contribution < 1.29 is 4.39 Å². The minimum atomic E-state index is -2.37. The van der Waals surface area contributed by atoms with Crippen LogP contribution in [0.25, 0.3) is 0 Å². The Bertz CT molecular complexity index is 345. The number of nitrogens with zero attached hydrogens (tertiary/aromatic N) is 1. The number of hydrogen-bond acceptors (Lipinski definition) is 2. The fraction of sp³-hybridized carbons (Fsp3) is 0.812. The number of halogens is 1. The normalized spacial score (nSPS) is 12.0. The molecule has 1 rings (SSSR count). The van der Waals surface area contributed by atoms with Crippen molar-refractivity contribution in [3.63, 3.8) is 0 Å². The van der Waals surface area contributed by atoms with Crippen LogP contribution in [0.1, 0.15) is 64.3 Å². The van der Waals surface area contributed by atoms with Crippen molar-refractivity contribution in [1.29, 1.82) is 0 Å². The zero-order chi connectivity index (χ0) is 14.8. The number of hydrogen-bond donors (Lipinski definition) is 0. The molecule has 1 heterocycles. The molecule has 4 heteroatoms. The van der Waals surface area contributed by atoms with E-state index in [1.807, 2.05) is 0 Å². The van der Waals surface area contributed by atoms with E-state index in [1.165, 1.54) is 55.5 Å². The molecule has 1 aromatic heterocycles. The van der Waals surface area contributed by atoms with Crippen LogP contribution in [0.2, 0.25) is 13.3 Å². The Morgan fingerprint density at radius 3 is 1.85 bits per heavy atom. The van der Waals surface area contributed by atoms with Crippen LogP contribution in [-0.2, 0) is 6.67 Å². The van der Waals surface area contributed by atoms with E-state index >= 15 is 0 Å². The predicted molar refractivity (Wildman–Crippen MR) is 91.5 cm³/mol. The summed E-state index contributed by atoms with van der Waals surface area (Å²) in [5.74, 6) is 0. The van der Waals surface area contributed by atoms with Crippen LogP contribution < -0.4 is 3.71 Å². The molecule has 0 bridgehead atoms. The van der Waals surface area contributed by atoms with Gasteiger partial charge in [0.15, 0.2) is 0 Å². The van der Waals surface area contributed by atoms with Crippen molar-refractivity contribution in [3.05, 3.63) is 10.4 Å². The molecule has 1 nitrogen and oxygen atoms in total. The van der Waals surface area contributed by atoms with Gasteiger partial charge in [-0.3, -0.25) is 0 Å². The Morgan fingerprint density at radius 2 is 1.50 bits per heavy atom. The summed E-state index contributed by atoms with van der Waals surface area (Å²) in [6.45, 7) is 6.46. The van der Waals surface area contributed by atoms with Crippen molar-refractivity contribution >= 4 is 33.4 Å². The summed E-state index contributed by atoms with van der Waals surface area (Å²) in [6.07, 6.45) is 7.84. The standard InChI is InChI=1S/C4H3FNS.3C4H9.Sn/c5-3-4-6-1-2-7-4;3*1-3-4-2;/h2H,3H2;3*1,3-4H2,2H3;. The number of alkyl halides is 1. The molecule has 0 amide bonds. The quantitative estimate of drug-likeness (QED) is 0.432. The number of thiazole rings is 1. The molecular formula is C16H30FNSSn. The fourth-order valence-electron chi connectivity index (χ4n) is 2.92. The van der Waals surface area contributed by atoms with Gasteiger partial charge >= 0.3 is 132 Å². The molecule has 0 aromatic carbocycles. The van der Waals surface area contributed by atoms with Gasteiger partial charge in [0.05, 0.1) is 0 Å². The van der Waals surface area contributed by atoms with Gasteiger partial charge in [-0.25, -0.2) is 0 Å². The van der Waals surface area contributed by atoms with Gasteiger partial charge in [0, 0.05) is 0 Å². The molecule has 0 aliphatic carbocycles. The second-order valence-corrected chi connectivity index (χ2v) is 19.8. The van der Waals surface area contributed by atoms with Crippen LogP contribution >= 0.6 is 11.3 Å². The Kier molecular flexibility index (Phi) is 9.34. The molecule has 0 radical (unpaired) electrons. The molecule has 0 saturated heterocycles. The van der Waals surface area contributed by atoms with Crippen LogP contribution in [0.3, 0.4) is 0 Å². The van der Waals surface area contributed by atoms with Crippen LogP contribution in [0.15, 0.2) is 5.38 Å². The van der Waals surface area contributed by atoms with E-state index in [4.69, 9.17) is 4.98 Å². The molecule has 116 valence electrons.